The van der Waals surface area contributed by atoms with Crippen molar-refractivity contribution in [1.29, 1.82) is 0 Å². The molecule has 0 aliphatic heterocycles. The van der Waals surface area contributed by atoms with Crippen molar-refractivity contribution in [3.63, 3.8) is 0 Å². The lowest BCUT2D eigenvalue weighted by molar-refractivity contribution is 0.992. The van der Waals surface area contributed by atoms with E-state index < -0.39 is 0 Å². The zero-order chi connectivity index (χ0) is 41.0. The number of nitrogens with zero attached hydrogens (tertiary/aromatic N) is 4. The molecule has 0 atom stereocenters. The lowest BCUT2D eigenvalue weighted by atomic mass is 9.96. The quantitative estimate of drug-likeness (QED) is 0.161. The molecule has 0 bridgehead atoms. The highest BCUT2D eigenvalue weighted by atomic mass is 15.2. The Bertz CT molecular complexity index is 3550. The van der Waals surface area contributed by atoms with Crippen LogP contribution in [0.5, 0.6) is 0 Å². The number of fused-ring (bicyclic) bond motifs is 6. The van der Waals surface area contributed by atoms with Crippen molar-refractivity contribution >= 4 is 49.2 Å². The predicted octanol–water partition coefficient (Wildman–Crippen LogP) is 15.1. The molecule has 0 spiro atoms. The zero-order valence-corrected chi connectivity index (χ0v) is 34.0. The van der Waals surface area contributed by atoms with Gasteiger partial charge in [0.25, 0.3) is 0 Å². The van der Waals surface area contributed by atoms with Crippen molar-refractivity contribution in [3.05, 3.63) is 224 Å². The molecular weight excluding hydrogens is 753 g/mol. The van der Waals surface area contributed by atoms with E-state index in [0.717, 1.165) is 57.3 Å². The number of aromatic nitrogens is 4. The summed E-state index contributed by atoms with van der Waals surface area (Å²) in [4.78, 5) is 10.1. The van der Waals surface area contributed by atoms with Crippen molar-refractivity contribution < 1.29 is 0 Å². The van der Waals surface area contributed by atoms with Gasteiger partial charge in [-0.3, -0.25) is 4.57 Å². The first-order valence-corrected chi connectivity index (χ1v) is 21.4. The minimum atomic E-state index is 0.649. The molecule has 12 rings (SSSR count). The maximum absolute atomic E-state index is 5.22. The second-order valence-electron chi connectivity index (χ2n) is 16.1. The first-order chi connectivity index (χ1) is 30.7. The highest BCUT2D eigenvalue weighted by Gasteiger charge is 2.18. The first kappa shape index (κ1) is 35.8. The molecule has 4 nitrogen and oxygen atoms in total. The highest BCUT2D eigenvalue weighted by Crippen LogP contribution is 2.39. The summed E-state index contributed by atoms with van der Waals surface area (Å²) in [7, 11) is 0. The van der Waals surface area contributed by atoms with Crippen molar-refractivity contribution in [2.45, 2.75) is 12.8 Å². The van der Waals surface area contributed by atoms with E-state index in [1.807, 2.05) is 12.3 Å². The van der Waals surface area contributed by atoms with Gasteiger partial charge in [-0.2, -0.15) is 0 Å². The molecule has 0 fully saturated rings. The van der Waals surface area contributed by atoms with E-state index in [2.05, 4.69) is 215 Å². The fourth-order valence-electron chi connectivity index (χ4n) is 9.39. The molecule has 0 unspecified atom stereocenters. The van der Waals surface area contributed by atoms with Crippen LogP contribution in [0.15, 0.2) is 219 Å². The smallest absolute Gasteiger partial charge is 0.235 e. The minimum Gasteiger partial charge on any atom is -0.309 e. The summed E-state index contributed by atoms with van der Waals surface area (Å²) in [5.41, 5.74) is 17.3. The van der Waals surface area contributed by atoms with E-state index in [1.54, 1.807) is 0 Å². The van der Waals surface area contributed by atoms with Crippen LogP contribution in [0, 0.1) is 0 Å². The van der Waals surface area contributed by atoms with Gasteiger partial charge >= 0.3 is 0 Å². The number of hydrogen-bond acceptors (Lipinski definition) is 2. The molecule has 0 saturated carbocycles. The summed E-state index contributed by atoms with van der Waals surface area (Å²) < 4.78 is 4.59. The maximum atomic E-state index is 5.22. The maximum Gasteiger partial charge on any atom is 0.235 e. The monoisotopic (exact) mass is 792 g/mol. The van der Waals surface area contributed by atoms with Gasteiger partial charge in [-0.25, -0.2) is 9.97 Å². The molecular formula is C58H40N4. The number of benzene rings is 8. The molecule has 8 aromatic carbocycles. The Labute approximate surface area is 360 Å². The Balaban J connectivity index is 0.907. The van der Waals surface area contributed by atoms with Gasteiger partial charge in [-0.05, 0) is 118 Å². The Hall–Kier alpha value is -8.08. The van der Waals surface area contributed by atoms with Gasteiger partial charge in [0.05, 0.1) is 27.8 Å². The van der Waals surface area contributed by atoms with Gasteiger partial charge in [0.1, 0.15) is 0 Å². The molecule has 3 aromatic heterocycles. The van der Waals surface area contributed by atoms with E-state index in [1.165, 1.54) is 60.6 Å². The Morgan fingerprint density at radius 3 is 1.61 bits per heavy atom. The molecule has 0 amide bonds. The third-order valence-corrected chi connectivity index (χ3v) is 12.5. The highest BCUT2D eigenvalue weighted by molar-refractivity contribution is 6.12. The average molecular weight is 793 g/mol. The summed E-state index contributed by atoms with van der Waals surface area (Å²) in [6.07, 6.45) is 10.9. The average Bonchev–Trinajstić information content (AvgIpc) is 3.87. The molecule has 1 aliphatic carbocycles. The minimum absolute atomic E-state index is 0.649. The fourth-order valence-corrected chi connectivity index (χ4v) is 9.39. The standard InChI is InChI=1S/C58H40N4/c1-3-12-39(13-4-1)41-22-24-43(25-23-41)44-16-11-17-47(36-44)53-34-35-59-58(60-53)62-55-21-10-8-19-50(55)52-38-46(29-33-57(52)62)45-28-32-56-51(37-45)49-18-7-9-20-54(49)61(56)48-30-26-42(27-31-48)40-14-5-2-6-15-40/h2-3,5-38H,1,4H2. The second-order valence-corrected chi connectivity index (χ2v) is 16.1. The van der Waals surface area contributed by atoms with Crippen molar-refractivity contribution in [2.24, 2.45) is 0 Å². The SMILES string of the molecule is C1=CC(c2ccc(-c3cccc(-c4ccnc(-n5c6ccccc6c6cc(-c7ccc8c(c7)c7ccccc7n8-c7ccc(-c8ccccc8)cc7)ccc65)n4)c3)cc2)=CCC1. The number of para-hydroxylation sites is 2. The molecule has 292 valence electrons. The number of hydrogen-bond donors (Lipinski definition) is 0. The summed E-state index contributed by atoms with van der Waals surface area (Å²) in [5.74, 6) is 0.649. The largest absolute Gasteiger partial charge is 0.309 e. The van der Waals surface area contributed by atoms with Crippen LogP contribution in [-0.2, 0) is 0 Å². The van der Waals surface area contributed by atoms with Crippen LogP contribution in [0.25, 0.3) is 105 Å². The van der Waals surface area contributed by atoms with Crippen LogP contribution in [0.1, 0.15) is 18.4 Å². The molecule has 62 heavy (non-hydrogen) atoms. The van der Waals surface area contributed by atoms with Crippen molar-refractivity contribution in [2.75, 3.05) is 0 Å². The molecule has 0 N–H and O–H groups in total. The summed E-state index contributed by atoms with van der Waals surface area (Å²) in [5, 5.41) is 4.80. The summed E-state index contributed by atoms with van der Waals surface area (Å²) in [6, 6.07) is 70.0. The number of allylic oxidation sites excluding steroid dienone is 4. The van der Waals surface area contributed by atoms with E-state index in [4.69, 9.17) is 9.97 Å². The van der Waals surface area contributed by atoms with Crippen molar-refractivity contribution in [1.82, 2.24) is 19.1 Å². The van der Waals surface area contributed by atoms with Crippen LogP contribution < -0.4 is 0 Å². The number of rotatable bonds is 7. The van der Waals surface area contributed by atoms with E-state index in [9.17, 15) is 0 Å². The third kappa shape index (κ3) is 6.15. The van der Waals surface area contributed by atoms with E-state index >= 15 is 0 Å². The van der Waals surface area contributed by atoms with Gasteiger partial charge in [0.2, 0.25) is 5.95 Å². The van der Waals surface area contributed by atoms with Crippen LogP contribution in [0.3, 0.4) is 0 Å². The van der Waals surface area contributed by atoms with Crippen LogP contribution in [0.4, 0.5) is 0 Å². The van der Waals surface area contributed by atoms with Crippen LogP contribution >= 0.6 is 0 Å². The van der Waals surface area contributed by atoms with Gasteiger partial charge in [-0.1, -0.05) is 152 Å². The Morgan fingerprint density at radius 1 is 0.371 bits per heavy atom. The van der Waals surface area contributed by atoms with Gasteiger partial charge in [-0.15, -0.1) is 0 Å². The lowest BCUT2D eigenvalue weighted by Crippen LogP contribution is -2.01. The van der Waals surface area contributed by atoms with E-state index in [-0.39, 0.29) is 0 Å². The molecule has 11 aromatic rings. The van der Waals surface area contributed by atoms with Crippen LogP contribution in [-0.4, -0.2) is 19.1 Å². The van der Waals surface area contributed by atoms with Gasteiger partial charge < -0.3 is 4.57 Å². The van der Waals surface area contributed by atoms with Crippen LogP contribution in [0.2, 0.25) is 0 Å². The normalized spacial score (nSPS) is 12.7. The van der Waals surface area contributed by atoms with E-state index in [0.29, 0.717) is 5.95 Å². The molecule has 0 saturated heterocycles. The molecule has 4 heteroatoms. The summed E-state index contributed by atoms with van der Waals surface area (Å²) >= 11 is 0. The molecule has 1 aliphatic rings. The molecule has 0 radical (unpaired) electrons. The van der Waals surface area contributed by atoms with Crippen molar-refractivity contribution in [3.8, 4) is 56.3 Å². The second kappa shape index (κ2) is 14.9. The van der Waals surface area contributed by atoms with Gasteiger partial charge in [0, 0.05) is 39.0 Å². The first-order valence-electron chi connectivity index (χ1n) is 21.4. The summed E-state index contributed by atoms with van der Waals surface area (Å²) in [6.45, 7) is 0. The third-order valence-electron chi connectivity index (χ3n) is 12.5. The predicted molar refractivity (Wildman–Crippen MR) is 259 cm³/mol. The Morgan fingerprint density at radius 2 is 0.903 bits per heavy atom. The Kier molecular flexibility index (Phi) is 8.60. The zero-order valence-electron chi connectivity index (χ0n) is 34.0. The van der Waals surface area contributed by atoms with Gasteiger partial charge in [0.15, 0.2) is 0 Å². The molecule has 3 heterocycles. The lowest BCUT2D eigenvalue weighted by Gasteiger charge is -2.11. The topological polar surface area (TPSA) is 35.6 Å². The fraction of sp³-hybridized carbons (Fsp3) is 0.0345.